The first-order valence-electron chi connectivity index (χ1n) is 8.31. The molecule has 3 aliphatic rings. The normalized spacial score (nSPS) is 28.5. The Kier molecular flexibility index (Phi) is 2.46. The zero-order valence-electron chi connectivity index (χ0n) is 14.7. The second-order valence-electron chi connectivity index (χ2n) is 5.86. The van der Waals surface area contributed by atoms with Crippen LogP contribution in [0.2, 0.25) is 0 Å². The highest BCUT2D eigenvalue weighted by Gasteiger charge is 2.53. The van der Waals surface area contributed by atoms with Crippen molar-refractivity contribution in [2.45, 2.75) is 32.7 Å². The number of nitrogens with zero attached hydrogens (tertiary/aromatic N) is 1. The van der Waals surface area contributed by atoms with Crippen LogP contribution in [0.5, 0.6) is 0 Å². The Morgan fingerprint density at radius 2 is 1.90 bits per heavy atom. The van der Waals surface area contributed by atoms with E-state index in [1.165, 1.54) is 13.8 Å². The van der Waals surface area contributed by atoms with Gasteiger partial charge in [0.05, 0.1) is 5.56 Å². The summed E-state index contributed by atoms with van der Waals surface area (Å²) in [5.74, 6) is -0.711. The lowest BCUT2D eigenvalue weighted by Crippen LogP contribution is -2.64. The van der Waals surface area contributed by atoms with Crippen molar-refractivity contribution in [3.8, 4) is 0 Å². The summed E-state index contributed by atoms with van der Waals surface area (Å²) in [7, 11) is 0. The molecule has 4 rings (SSSR count). The van der Waals surface area contributed by atoms with E-state index in [-0.39, 0.29) is 28.6 Å². The third kappa shape index (κ3) is 1.94. The first-order valence-corrected chi connectivity index (χ1v) is 7.19. The molecule has 0 radical (unpaired) electrons. The summed E-state index contributed by atoms with van der Waals surface area (Å²) in [5, 5.41) is 1.73. The van der Waals surface area contributed by atoms with E-state index in [9.17, 15) is 14.4 Å². The van der Waals surface area contributed by atoms with E-state index in [0.29, 0.717) is 11.8 Å². The fraction of sp³-hybridized carbons (Fsp3) is 0.533. The molecule has 2 bridgehead atoms. The molecule has 1 amide bonds. The molecule has 0 unspecified atom stereocenters. The van der Waals surface area contributed by atoms with Crippen molar-refractivity contribution < 1.29 is 18.5 Å². The Hall–Kier alpha value is -1.62. The standard InChI is InChI=1S/C15H17ClN2O3/c1-6-10(7(2)18(3)12(6)14(16)20)13(19)15(21)17-11-8-4-9(11)5-8/h8-9,11H,4-5H2,1-3H3,(H,17,21)/i3D3. The van der Waals surface area contributed by atoms with Crippen molar-refractivity contribution in [2.75, 3.05) is 0 Å². The lowest BCUT2D eigenvalue weighted by molar-refractivity contribution is -0.124. The molecule has 1 heterocycles. The molecule has 0 spiro atoms. The van der Waals surface area contributed by atoms with Crippen LogP contribution in [0.15, 0.2) is 0 Å². The SMILES string of the molecule is [2H]C([2H])([2H])n1c(C)c(C(=O)C(=O)NC2C3CC2C3)c(C)c1C(=O)Cl. The van der Waals surface area contributed by atoms with E-state index < -0.39 is 23.9 Å². The highest BCUT2D eigenvalue weighted by molar-refractivity contribution is 6.67. The van der Waals surface area contributed by atoms with E-state index in [0.717, 1.165) is 17.4 Å². The molecule has 6 heteroatoms. The molecule has 1 N–H and O–H groups in total. The van der Waals surface area contributed by atoms with Crippen LogP contribution in [0, 0.1) is 25.7 Å². The summed E-state index contributed by atoms with van der Waals surface area (Å²) in [6.07, 6.45) is 2.16. The highest BCUT2D eigenvalue weighted by Crippen LogP contribution is 2.53. The molecule has 21 heavy (non-hydrogen) atoms. The van der Waals surface area contributed by atoms with E-state index in [2.05, 4.69) is 5.32 Å². The maximum absolute atomic E-state index is 12.5. The predicted octanol–water partition coefficient (Wildman–Crippen LogP) is 1.73. The zero-order valence-corrected chi connectivity index (χ0v) is 12.5. The van der Waals surface area contributed by atoms with Crippen molar-refractivity contribution in [3.05, 3.63) is 22.5 Å². The van der Waals surface area contributed by atoms with Crippen LogP contribution in [0.1, 0.15) is 49.1 Å². The van der Waals surface area contributed by atoms with Crippen LogP contribution in [-0.2, 0) is 11.8 Å². The Morgan fingerprint density at radius 3 is 2.29 bits per heavy atom. The van der Waals surface area contributed by atoms with Gasteiger partial charge in [0, 0.05) is 22.8 Å². The van der Waals surface area contributed by atoms with Crippen LogP contribution < -0.4 is 5.32 Å². The number of amides is 1. The molecule has 0 saturated heterocycles. The lowest BCUT2D eigenvalue weighted by atomic mass is 9.52. The van der Waals surface area contributed by atoms with Gasteiger partial charge in [-0.25, -0.2) is 0 Å². The van der Waals surface area contributed by atoms with Crippen LogP contribution in [-0.4, -0.2) is 27.5 Å². The largest absolute Gasteiger partial charge is 0.346 e. The second kappa shape index (κ2) is 4.70. The summed E-state index contributed by atoms with van der Waals surface area (Å²) < 4.78 is 23.4. The van der Waals surface area contributed by atoms with E-state index in [1.807, 2.05) is 0 Å². The maximum atomic E-state index is 12.5. The number of rotatable bonds is 4. The predicted molar refractivity (Wildman–Crippen MR) is 77.5 cm³/mol. The third-order valence-corrected chi connectivity index (χ3v) is 4.97. The molecule has 3 saturated carbocycles. The fourth-order valence-corrected chi connectivity index (χ4v) is 3.49. The molecule has 0 atom stereocenters. The summed E-state index contributed by atoms with van der Waals surface area (Å²) in [6, 6.07) is 0.0425. The second-order valence-corrected chi connectivity index (χ2v) is 6.21. The molecular weight excluding hydrogens is 292 g/mol. The molecule has 3 aliphatic carbocycles. The van der Waals surface area contributed by atoms with Gasteiger partial charge in [0.15, 0.2) is 0 Å². The number of nitrogens with one attached hydrogen (secondary N) is 1. The molecule has 0 aliphatic heterocycles. The number of hydrogen-bond donors (Lipinski definition) is 1. The van der Waals surface area contributed by atoms with Crippen molar-refractivity contribution in [2.24, 2.45) is 18.8 Å². The number of carbonyl (C=O) groups excluding carboxylic acids is 3. The van der Waals surface area contributed by atoms with Gasteiger partial charge in [-0.05, 0) is 55.7 Å². The summed E-state index contributed by atoms with van der Waals surface area (Å²) >= 11 is 5.51. The molecule has 1 aromatic rings. The molecule has 3 fully saturated rings. The van der Waals surface area contributed by atoms with E-state index in [4.69, 9.17) is 15.7 Å². The quantitative estimate of drug-likeness (QED) is 0.523. The summed E-state index contributed by atoms with van der Waals surface area (Å²) in [5.41, 5.74) is -0.199. The Balaban J connectivity index is 1.96. The number of Topliss-reactive ketones (excluding diaryl/α,β-unsaturated/α-hetero) is 1. The minimum Gasteiger partial charge on any atom is -0.346 e. The van der Waals surface area contributed by atoms with Crippen LogP contribution in [0.4, 0.5) is 0 Å². The Labute approximate surface area is 131 Å². The van der Waals surface area contributed by atoms with Gasteiger partial charge in [-0.2, -0.15) is 0 Å². The maximum Gasteiger partial charge on any atom is 0.292 e. The summed E-state index contributed by atoms with van der Waals surface area (Å²) in [4.78, 5) is 36.4. The van der Waals surface area contributed by atoms with Gasteiger partial charge in [-0.15, -0.1) is 0 Å². The molecule has 1 aromatic heterocycles. The van der Waals surface area contributed by atoms with E-state index in [1.54, 1.807) is 0 Å². The Morgan fingerprint density at radius 1 is 1.29 bits per heavy atom. The number of halogens is 1. The first-order chi connectivity index (χ1) is 11.0. The monoisotopic (exact) mass is 311 g/mol. The summed E-state index contributed by atoms with van der Waals surface area (Å²) in [6.45, 7) is 0.134. The minimum absolute atomic E-state index is 0.0374. The van der Waals surface area contributed by atoms with Gasteiger partial charge in [-0.1, -0.05) is 0 Å². The van der Waals surface area contributed by atoms with Crippen molar-refractivity contribution in [1.82, 2.24) is 9.88 Å². The molecule has 5 nitrogen and oxygen atoms in total. The molecule has 0 aromatic carbocycles. The third-order valence-electron chi connectivity index (χ3n) is 4.79. The zero-order chi connectivity index (χ0) is 18.0. The number of carbonyl (C=O) groups is 3. The van der Waals surface area contributed by atoms with Gasteiger partial charge in [0.1, 0.15) is 5.69 Å². The number of ketones is 1. The van der Waals surface area contributed by atoms with E-state index >= 15 is 0 Å². The average Bonchev–Trinajstić information content (AvgIpc) is 2.63. The fourth-order valence-electron chi connectivity index (χ4n) is 3.26. The van der Waals surface area contributed by atoms with Crippen LogP contribution in [0.25, 0.3) is 0 Å². The van der Waals surface area contributed by atoms with Crippen molar-refractivity contribution in [1.29, 1.82) is 0 Å². The van der Waals surface area contributed by atoms with Crippen molar-refractivity contribution in [3.63, 3.8) is 0 Å². The number of hydrogen-bond acceptors (Lipinski definition) is 3. The Bertz CT molecular complexity index is 755. The smallest absolute Gasteiger partial charge is 0.292 e. The van der Waals surface area contributed by atoms with Crippen LogP contribution in [0.3, 0.4) is 0 Å². The van der Waals surface area contributed by atoms with Gasteiger partial charge in [0.2, 0.25) is 0 Å². The van der Waals surface area contributed by atoms with Gasteiger partial charge in [0.25, 0.3) is 16.9 Å². The highest BCUT2D eigenvalue weighted by atomic mass is 35.5. The topological polar surface area (TPSA) is 68.2 Å². The van der Waals surface area contributed by atoms with Crippen LogP contribution >= 0.6 is 11.6 Å². The lowest BCUT2D eigenvalue weighted by Gasteiger charge is -2.57. The average molecular weight is 312 g/mol. The van der Waals surface area contributed by atoms with Gasteiger partial charge >= 0.3 is 0 Å². The van der Waals surface area contributed by atoms with Crippen molar-refractivity contribution >= 4 is 28.5 Å². The minimum atomic E-state index is -2.68. The molecule has 112 valence electrons. The van der Waals surface area contributed by atoms with Gasteiger partial charge in [-0.3, -0.25) is 14.4 Å². The molecular formula is C15H17ClN2O3. The first kappa shape index (κ1) is 11.0. The number of aromatic nitrogens is 1. The van der Waals surface area contributed by atoms with Gasteiger partial charge < -0.3 is 9.88 Å².